The van der Waals surface area contributed by atoms with E-state index in [0.29, 0.717) is 35.3 Å². The molecule has 1 aliphatic rings. The molecule has 0 radical (unpaired) electrons. The van der Waals surface area contributed by atoms with Crippen LogP contribution in [0, 0.1) is 5.82 Å². The van der Waals surface area contributed by atoms with E-state index >= 15 is 0 Å². The predicted octanol–water partition coefficient (Wildman–Crippen LogP) is 3.12. The third-order valence-corrected chi connectivity index (χ3v) is 6.43. The van der Waals surface area contributed by atoms with Crippen LogP contribution < -0.4 is 0 Å². The van der Waals surface area contributed by atoms with Gasteiger partial charge in [-0.15, -0.1) is 0 Å². The molecule has 0 aliphatic carbocycles. The van der Waals surface area contributed by atoms with Crippen LogP contribution in [0.4, 0.5) is 4.39 Å². The Morgan fingerprint density at radius 3 is 2.90 bits per heavy atom. The molecule has 0 aromatic heterocycles. The van der Waals surface area contributed by atoms with E-state index in [9.17, 15) is 12.8 Å². The summed E-state index contributed by atoms with van der Waals surface area (Å²) in [5.41, 5.74) is 0.367. The third kappa shape index (κ3) is 3.90. The summed E-state index contributed by atoms with van der Waals surface area (Å²) >= 11 is 7.16. The van der Waals surface area contributed by atoms with Crippen molar-refractivity contribution in [3.8, 4) is 0 Å². The summed E-state index contributed by atoms with van der Waals surface area (Å²) in [7, 11) is -3.33. The SMILES string of the molecule is CCCS(=O)(=O)N1CCN=C1SCc1c(F)cccc1Cl. The van der Waals surface area contributed by atoms with E-state index in [1.807, 2.05) is 6.92 Å². The first kappa shape index (κ1) is 16.6. The zero-order valence-corrected chi connectivity index (χ0v) is 13.9. The molecule has 0 bridgehead atoms. The number of sulfonamides is 1. The minimum absolute atomic E-state index is 0.0903. The van der Waals surface area contributed by atoms with Gasteiger partial charge in [0.15, 0.2) is 5.17 Å². The first-order valence-corrected chi connectivity index (χ1v) is 9.53. The second-order valence-corrected chi connectivity index (χ2v) is 7.90. The first-order chi connectivity index (χ1) is 9.95. The molecule has 21 heavy (non-hydrogen) atoms. The molecule has 0 amide bonds. The van der Waals surface area contributed by atoms with Gasteiger partial charge in [-0.2, -0.15) is 0 Å². The van der Waals surface area contributed by atoms with Crippen molar-refractivity contribution < 1.29 is 12.8 Å². The molecular weight excluding hydrogens is 335 g/mol. The molecule has 2 rings (SSSR count). The summed E-state index contributed by atoms with van der Waals surface area (Å²) in [5.74, 6) is -0.0493. The standard InChI is InChI=1S/C13H16ClFN2O2S2/c1-2-8-21(18,19)17-7-6-16-13(17)20-9-10-11(14)4-3-5-12(10)15/h3-5H,2,6-9H2,1H3. The Labute approximate surface area is 133 Å². The number of aliphatic imine (C=N–C) groups is 1. The van der Waals surface area contributed by atoms with Crippen molar-refractivity contribution in [3.63, 3.8) is 0 Å². The van der Waals surface area contributed by atoms with Gasteiger partial charge in [0, 0.05) is 16.3 Å². The average molecular weight is 351 g/mol. The first-order valence-electron chi connectivity index (χ1n) is 6.56. The highest BCUT2D eigenvalue weighted by Crippen LogP contribution is 2.27. The van der Waals surface area contributed by atoms with Gasteiger partial charge >= 0.3 is 0 Å². The molecule has 8 heteroatoms. The summed E-state index contributed by atoms with van der Waals surface area (Å²) in [5, 5.41) is 0.756. The molecule has 0 atom stereocenters. The zero-order chi connectivity index (χ0) is 15.5. The van der Waals surface area contributed by atoms with Crippen LogP contribution in [-0.4, -0.2) is 36.7 Å². The summed E-state index contributed by atoms with van der Waals surface area (Å²) in [6, 6.07) is 4.49. The molecule has 1 aliphatic heterocycles. The van der Waals surface area contributed by atoms with E-state index in [2.05, 4.69) is 4.99 Å². The Kier molecular flexibility index (Phi) is 5.51. The molecule has 0 unspecified atom stereocenters. The number of hydrogen-bond acceptors (Lipinski definition) is 4. The maximum absolute atomic E-state index is 13.7. The topological polar surface area (TPSA) is 49.7 Å². The maximum Gasteiger partial charge on any atom is 0.236 e. The normalized spacial score (nSPS) is 15.4. The molecule has 4 nitrogen and oxygen atoms in total. The molecule has 0 saturated carbocycles. The number of benzene rings is 1. The highest BCUT2D eigenvalue weighted by molar-refractivity contribution is 8.14. The molecule has 0 saturated heterocycles. The number of hydrogen-bond donors (Lipinski definition) is 0. The number of rotatable bonds is 5. The third-order valence-electron chi connectivity index (χ3n) is 2.97. The second-order valence-electron chi connectivity index (χ2n) is 4.54. The summed E-state index contributed by atoms with van der Waals surface area (Å²) in [6.07, 6.45) is 0.552. The van der Waals surface area contributed by atoms with Crippen molar-refractivity contribution in [2.24, 2.45) is 4.99 Å². The van der Waals surface area contributed by atoms with E-state index in [1.54, 1.807) is 6.07 Å². The monoisotopic (exact) mass is 350 g/mol. The minimum Gasteiger partial charge on any atom is -0.260 e. The van der Waals surface area contributed by atoms with Crippen LogP contribution >= 0.6 is 23.4 Å². The fraction of sp³-hybridized carbons (Fsp3) is 0.462. The molecule has 1 aromatic rings. The predicted molar refractivity (Wildman–Crippen MR) is 85.8 cm³/mol. The van der Waals surface area contributed by atoms with E-state index in [1.165, 1.54) is 28.2 Å². The summed E-state index contributed by atoms with van der Waals surface area (Å²) in [4.78, 5) is 4.20. The van der Waals surface area contributed by atoms with Gasteiger partial charge in [0.2, 0.25) is 10.0 Å². The molecular formula is C13H16ClFN2O2S2. The van der Waals surface area contributed by atoms with E-state index < -0.39 is 15.8 Å². The van der Waals surface area contributed by atoms with Crippen molar-refractivity contribution in [1.82, 2.24) is 4.31 Å². The molecule has 1 heterocycles. The van der Waals surface area contributed by atoms with Crippen LogP contribution in [0.1, 0.15) is 18.9 Å². The van der Waals surface area contributed by atoms with Crippen molar-refractivity contribution in [1.29, 1.82) is 0 Å². The van der Waals surface area contributed by atoms with Crippen LogP contribution in [0.2, 0.25) is 5.02 Å². The van der Waals surface area contributed by atoms with Crippen molar-refractivity contribution in [2.45, 2.75) is 19.1 Å². The van der Waals surface area contributed by atoms with Crippen LogP contribution in [-0.2, 0) is 15.8 Å². The Hall–Kier alpha value is -0.790. The Morgan fingerprint density at radius 1 is 1.48 bits per heavy atom. The van der Waals surface area contributed by atoms with Gasteiger partial charge in [-0.05, 0) is 18.6 Å². The lowest BCUT2D eigenvalue weighted by Gasteiger charge is -2.19. The smallest absolute Gasteiger partial charge is 0.236 e. The van der Waals surface area contributed by atoms with Gasteiger partial charge in [0.05, 0.1) is 18.8 Å². The maximum atomic E-state index is 13.7. The largest absolute Gasteiger partial charge is 0.260 e. The fourth-order valence-electron chi connectivity index (χ4n) is 1.96. The van der Waals surface area contributed by atoms with E-state index in [4.69, 9.17) is 11.6 Å². The Morgan fingerprint density at radius 2 is 2.24 bits per heavy atom. The van der Waals surface area contributed by atoms with Gasteiger partial charge < -0.3 is 0 Å². The van der Waals surface area contributed by atoms with E-state index in [-0.39, 0.29) is 11.5 Å². The second kappa shape index (κ2) is 6.98. The van der Waals surface area contributed by atoms with Crippen LogP contribution in [0.15, 0.2) is 23.2 Å². The van der Waals surface area contributed by atoms with Crippen molar-refractivity contribution in [2.75, 3.05) is 18.8 Å². The highest BCUT2D eigenvalue weighted by Gasteiger charge is 2.28. The van der Waals surface area contributed by atoms with Gasteiger partial charge in [-0.3, -0.25) is 4.99 Å². The number of halogens is 2. The van der Waals surface area contributed by atoms with Gasteiger partial charge in [0.1, 0.15) is 5.82 Å². The molecule has 0 N–H and O–H groups in total. The quantitative estimate of drug-likeness (QED) is 0.819. The lowest BCUT2D eigenvalue weighted by molar-refractivity contribution is 0.539. The fourth-order valence-corrected chi connectivity index (χ4v) is 5.15. The molecule has 0 fully saturated rings. The van der Waals surface area contributed by atoms with Gasteiger partial charge in [0.25, 0.3) is 0 Å². The molecule has 116 valence electrons. The van der Waals surface area contributed by atoms with Crippen molar-refractivity contribution >= 4 is 38.6 Å². The molecule has 1 aromatic carbocycles. The molecule has 0 spiro atoms. The summed E-state index contributed by atoms with van der Waals surface area (Å²) in [6.45, 7) is 2.61. The van der Waals surface area contributed by atoms with Gasteiger partial charge in [-0.1, -0.05) is 36.4 Å². The van der Waals surface area contributed by atoms with Crippen LogP contribution in [0.3, 0.4) is 0 Å². The number of nitrogens with zero attached hydrogens (tertiary/aromatic N) is 2. The van der Waals surface area contributed by atoms with Crippen LogP contribution in [0.25, 0.3) is 0 Å². The van der Waals surface area contributed by atoms with Crippen LogP contribution in [0.5, 0.6) is 0 Å². The Bertz CT molecular complexity index is 629. The number of amidine groups is 1. The Balaban J connectivity index is 2.09. The lowest BCUT2D eigenvalue weighted by atomic mass is 10.2. The number of thioether (sulfide) groups is 1. The lowest BCUT2D eigenvalue weighted by Crippen LogP contribution is -2.34. The minimum atomic E-state index is -3.33. The van der Waals surface area contributed by atoms with Gasteiger partial charge in [-0.25, -0.2) is 17.1 Å². The van der Waals surface area contributed by atoms with Crippen molar-refractivity contribution in [3.05, 3.63) is 34.6 Å². The summed E-state index contributed by atoms with van der Waals surface area (Å²) < 4.78 is 39.3. The average Bonchev–Trinajstić information content (AvgIpc) is 2.87. The zero-order valence-electron chi connectivity index (χ0n) is 11.6. The van der Waals surface area contributed by atoms with E-state index in [0.717, 1.165) is 0 Å². The highest BCUT2D eigenvalue weighted by atomic mass is 35.5.